The molecule has 0 radical (unpaired) electrons. The van der Waals surface area contributed by atoms with Crippen molar-refractivity contribution in [3.63, 3.8) is 0 Å². The number of anilines is 1. The molecule has 19 heavy (non-hydrogen) atoms. The zero-order chi connectivity index (χ0) is 14.5. The highest BCUT2D eigenvalue weighted by molar-refractivity contribution is 7.88. The molecular formula is C13H19N3O2S. The summed E-state index contributed by atoms with van der Waals surface area (Å²) in [5, 5.41) is 8.78. The highest BCUT2D eigenvalue weighted by Gasteiger charge is 2.22. The Hall–Kier alpha value is -1.58. The maximum atomic E-state index is 12.3. The molecule has 5 nitrogen and oxygen atoms in total. The van der Waals surface area contributed by atoms with Gasteiger partial charge in [0.2, 0.25) is 10.0 Å². The summed E-state index contributed by atoms with van der Waals surface area (Å²) in [5.74, 6) is -0.417. The molecule has 104 valence electrons. The third-order valence-corrected chi connectivity index (χ3v) is 4.64. The Bertz CT molecular complexity index is 563. The molecule has 0 amide bonds. The van der Waals surface area contributed by atoms with Gasteiger partial charge in [-0.2, -0.15) is 5.26 Å². The fourth-order valence-corrected chi connectivity index (χ4v) is 3.40. The summed E-state index contributed by atoms with van der Waals surface area (Å²) < 4.78 is 25.9. The molecule has 0 aliphatic carbocycles. The van der Waals surface area contributed by atoms with Gasteiger partial charge in [0.25, 0.3) is 0 Å². The lowest BCUT2D eigenvalue weighted by molar-refractivity contribution is 0.399. The first kappa shape index (κ1) is 15.5. The first-order chi connectivity index (χ1) is 8.89. The molecule has 1 atom stereocenters. The number of hydrogen-bond donors (Lipinski definition) is 1. The molecule has 1 rings (SSSR count). The number of sulfonamides is 1. The smallest absolute Gasteiger partial charge is 0.218 e. The van der Waals surface area contributed by atoms with Crippen molar-refractivity contribution < 1.29 is 8.42 Å². The van der Waals surface area contributed by atoms with Crippen LogP contribution in [0.2, 0.25) is 0 Å². The van der Waals surface area contributed by atoms with E-state index in [0.29, 0.717) is 17.8 Å². The van der Waals surface area contributed by atoms with Crippen LogP contribution < -0.4 is 5.73 Å². The van der Waals surface area contributed by atoms with E-state index in [2.05, 4.69) is 0 Å². The zero-order valence-corrected chi connectivity index (χ0v) is 12.0. The Kier molecular flexibility index (Phi) is 5.33. The minimum Gasteiger partial charge on any atom is -0.399 e. The van der Waals surface area contributed by atoms with Gasteiger partial charge in [0.15, 0.2) is 0 Å². The number of rotatable bonds is 6. The molecule has 1 aromatic carbocycles. The van der Waals surface area contributed by atoms with E-state index in [0.717, 1.165) is 0 Å². The van der Waals surface area contributed by atoms with Crippen molar-refractivity contribution in [3.8, 4) is 6.07 Å². The van der Waals surface area contributed by atoms with Gasteiger partial charge in [-0.25, -0.2) is 12.7 Å². The highest BCUT2D eigenvalue weighted by atomic mass is 32.2. The van der Waals surface area contributed by atoms with Crippen LogP contribution in [-0.4, -0.2) is 25.8 Å². The minimum absolute atomic E-state index is 0.0932. The predicted octanol–water partition coefficient (Wildman–Crippen LogP) is 1.58. The monoisotopic (exact) mass is 281 g/mol. The van der Waals surface area contributed by atoms with Crippen LogP contribution in [0, 0.1) is 17.2 Å². The molecule has 1 aromatic rings. The van der Waals surface area contributed by atoms with Crippen LogP contribution in [0.1, 0.15) is 19.4 Å². The summed E-state index contributed by atoms with van der Waals surface area (Å²) in [6.45, 7) is 4.05. The fraction of sp³-hybridized carbons (Fsp3) is 0.462. The minimum atomic E-state index is -3.42. The third kappa shape index (κ3) is 4.54. The van der Waals surface area contributed by atoms with Crippen LogP contribution in [-0.2, 0) is 15.8 Å². The second kappa shape index (κ2) is 6.55. The summed E-state index contributed by atoms with van der Waals surface area (Å²) >= 11 is 0. The molecule has 0 fully saturated rings. The van der Waals surface area contributed by atoms with Gasteiger partial charge in [-0.3, -0.25) is 0 Å². The van der Waals surface area contributed by atoms with Gasteiger partial charge in [-0.05, 0) is 24.6 Å². The highest BCUT2D eigenvalue weighted by Crippen LogP contribution is 2.14. The molecule has 0 saturated carbocycles. The van der Waals surface area contributed by atoms with Gasteiger partial charge < -0.3 is 5.73 Å². The number of nitriles is 1. The van der Waals surface area contributed by atoms with Crippen molar-refractivity contribution in [2.45, 2.75) is 19.6 Å². The summed E-state index contributed by atoms with van der Waals surface area (Å²) in [6.07, 6.45) is 0. The van der Waals surface area contributed by atoms with Gasteiger partial charge in [0.05, 0.1) is 17.7 Å². The maximum absolute atomic E-state index is 12.3. The van der Waals surface area contributed by atoms with Crippen molar-refractivity contribution in [1.29, 1.82) is 5.26 Å². The van der Waals surface area contributed by atoms with Crippen molar-refractivity contribution >= 4 is 15.7 Å². The molecule has 0 saturated heterocycles. The van der Waals surface area contributed by atoms with Gasteiger partial charge in [0.1, 0.15) is 0 Å². The number of nitrogens with zero attached hydrogens (tertiary/aromatic N) is 2. The zero-order valence-electron chi connectivity index (χ0n) is 11.2. The normalized spacial score (nSPS) is 13.2. The lowest BCUT2D eigenvalue weighted by Crippen LogP contribution is -2.35. The molecule has 1 unspecified atom stereocenters. The number of nitrogens with two attached hydrogens (primary N) is 1. The average Bonchev–Trinajstić information content (AvgIpc) is 2.34. The molecule has 0 aliphatic heterocycles. The van der Waals surface area contributed by atoms with Gasteiger partial charge in [0, 0.05) is 18.8 Å². The van der Waals surface area contributed by atoms with E-state index in [-0.39, 0.29) is 18.2 Å². The van der Waals surface area contributed by atoms with E-state index >= 15 is 0 Å². The molecule has 0 heterocycles. The number of hydrogen-bond acceptors (Lipinski definition) is 4. The molecule has 0 aliphatic rings. The van der Waals surface area contributed by atoms with Gasteiger partial charge in [-0.1, -0.05) is 19.1 Å². The summed E-state index contributed by atoms with van der Waals surface area (Å²) in [5.41, 5.74) is 6.84. The van der Waals surface area contributed by atoms with Crippen LogP contribution in [0.3, 0.4) is 0 Å². The van der Waals surface area contributed by atoms with E-state index in [1.165, 1.54) is 4.31 Å². The largest absolute Gasteiger partial charge is 0.399 e. The first-order valence-electron chi connectivity index (χ1n) is 6.11. The van der Waals surface area contributed by atoms with Gasteiger partial charge >= 0.3 is 0 Å². The van der Waals surface area contributed by atoms with E-state index in [1.807, 2.05) is 6.07 Å². The maximum Gasteiger partial charge on any atom is 0.218 e. The van der Waals surface area contributed by atoms with E-state index < -0.39 is 10.0 Å². The van der Waals surface area contributed by atoms with Crippen LogP contribution in [0.5, 0.6) is 0 Å². The Morgan fingerprint density at radius 1 is 1.47 bits per heavy atom. The lowest BCUT2D eigenvalue weighted by atomic mass is 10.2. The average molecular weight is 281 g/mol. The van der Waals surface area contributed by atoms with Crippen molar-refractivity contribution in [3.05, 3.63) is 29.8 Å². The second-order valence-corrected chi connectivity index (χ2v) is 6.45. The molecule has 0 bridgehead atoms. The summed E-state index contributed by atoms with van der Waals surface area (Å²) in [7, 11) is -3.42. The Labute approximate surface area is 114 Å². The molecule has 0 aromatic heterocycles. The Morgan fingerprint density at radius 2 is 2.16 bits per heavy atom. The predicted molar refractivity (Wildman–Crippen MR) is 75.5 cm³/mol. The quantitative estimate of drug-likeness (QED) is 0.802. The molecule has 6 heteroatoms. The van der Waals surface area contributed by atoms with E-state index in [9.17, 15) is 8.42 Å². The topological polar surface area (TPSA) is 87.2 Å². The van der Waals surface area contributed by atoms with Crippen LogP contribution in [0.4, 0.5) is 5.69 Å². The third-order valence-electron chi connectivity index (χ3n) is 2.74. The Balaban J connectivity index is 2.87. The van der Waals surface area contributed by atoms with Crippen molar-refractivity contribution in [2.75, 3.05) is 18.8 Å². The second-order valence-electron chi connectivity index (χ2n) is 4.48. The van der Waals surface area contributed by atoms with Crippen LogP contribution in [0.25, 0.3) is 0 Å². The first-order valence-corrected chi connectivity index (χ1v) is 7.71. The van der Waals surface area contributed by atoms with Crippen molar-refractivity contribution in [1.82, 2.24) is 4.31 Å². The number of benzene rings is 1. The molecular weight excluding hydrogens is 262 g/mol. The standard InChI is InChI=1S/C13H19N3O2S/c1-3-16(9-11(2)8-14)19(17,18)10-12-5-4-6-13(15)7-12/h4-7,11H,3,9-10,15H2,1-2H3. The van der Waals surface area contributed by atoms with Crippen molar-refractivity contribution in [2.24, 2.45) is 5.92 Å². The van der Waals surface area contributed by atoms with Crippen LogP contribution in [0.15, 0.2) is 24.3 Å². The lowest BCUT2D eigenvalue weighted by Gasteiger charge is -2.21. The van der Waals surface area contributed by atoms with Crippen LogP contribution >= 0.6 is 0 Å². The molecule has 2 N–H and O–H groups in total. The Morgan fingerprint density at radius 3 is 2.68 bits per heavy atom. The molecule has 0 spiro atoms. The van der Waals surface area contributed by atoms with Gasteiger partial charge in [-0.15, -0.1) is 0 Å². The fourth-order valence-electron chi connectivity index (χ4n) is 1.77. The SMILES string of the molecule is CCN(CC(C)C#N)S(=O)(=O)Cc1cccc(N)c1. The number of nitrogen functional groups attached to an aromatic ring is 1. The summed E-state index contributed by atoms with van der Waals surface area (Å²) in [4.78, 5) is 0. The summed E-state index contributed by atoms with van der Waals surface area (Å²) in [6, 6.07) is 8.88. The van der Waals surface area contributed by atoms with E-state index in [1.54, 1.807) is 38.1 Å². The van der Waals surface area contributed by atoms with E-state index in [4.69, 9.17) is 11.0 Å².